The summed E-state index contributed by atoms with van der Waals surface area (Å²) in [6, 6.07) is 15.4. The van der Waals surface area contributed by atoms with Crippen LogP contribution in [-0.2, 0) is 9.47 Å². The Morgan fingerprint density at radius 2 is 1.24 bits per heavy atom. The van der Waals surface area contributed by atoms with Gasteiger partial charge in [0.15, 0.2) is 0 Å². The Hall–Kier alpha value is -5.64. The number of amides is 2. The maximum absolute atomic E-state index is 12.9. The van der Waals surface area contributed by atoms with Gasteiger partial charge in [-0.05, 0) is 82.6 Å². The third-order valence-electron chi connectivity index (χ3n) is 6.92. The molecule has 0 heterocycles. The number of carbonyl (C=O) groups excluding carboxylic acids is 4. The van der Waals surface area contributed by atoms with E-state index in [4.69, 9.17) is 9.47 Å². The van der Waals surface area contributed by atoms with E-state index in [2.05, 4.69) is 10.6 Å². The van der Waals surface area contributed by atoms with Crippen LogP contribution in [0.4, 0.5) is 0 Å². The van der Waals surface area contributed by atoms with Crippen molar-refractivity contribution in [2.45, 2.75) is 12.5 Å². The average Bonchev–Trinajstić information content (AvgIpc) is 3.00. The van der Waals surface area contributed by atoms with Gasteiger partial charge in [-0.2, -0.15) is 0 Å². The smallest absolute Gasteiger partial charge is 0.341 e. The lowest BCUT2D eigenvalue weighted by Gasteiger charge is -2.18. The molecule has 0 bridgehead atoms. The molecule has 212 valence electrons. The zero-order chi connectivity index (χ0) is 30.0. The standard InChI is InChI=1S/C32H26N2O8/c1-41-31(39)25-13-21-11-19(5-3-17(21)15-27(25)35)29(37)33-23-7-9-24(10-8-23)34-30(38)20-6-4-18-16-28(36)26(32(40)42-2)14-22(18)12-20/h3-9,11-16,24,35-36H,10H2,1-2H3,(H,33,37)(H,34,38). The van der Waals surface area contributed by atoms with Gasteiger partial charge >= 0.3 is 11.9 Å². The van der Waals surface area contributed by atoms with Crippen LogP contribution in [0.15, 0.2) is 84.6 Å². The van der Waals surface area contributed by atoms with Gasteiger partial charge in [-0.3, -0.25) is 9.59 Å². The highest BCUT2D eigenvalue weighted by atomic mass is 16.5. The first kappa shape index (κ1) is 27.9. The number of benzene rings is 4. The van der Waals surface area contributed by atoms with Gasteiger partial charge in [0, 0.05) is 16.8 Å². The van der Waals surface area contributed by atoms with Gasteiger partial charge in [0.25, 0.3) is 11.8 Å². The number of fused-ring (bicyclic) bond motifs is 2. The molecule has 0 spiro atoms. The van der Waals surface area contributed by atoms with Crippen LogP contribution in [0.1, 0.15) is 47.9 Å². The average molecular weight is 567 g/mol. The molecule has 0 fully saturated rings. The van der Waals surface area contributed by atoms with Crippen LogP contribution in [0.3, 0.4) is 0 Å². The van der Waals surface area contributed by atoms with Crippen molar-refractivity contribution in [1.29, 1.82) is 0 Å². The van der Waals surface area contributed by atoms with E-state index in [0.29, 0.717) is 44.8 Å². The summed E-state index contributed by atoms with van der Waals surface area (Å²) in [5.41, 5.74) is 1.30. The van der Waals surface area contributed by atoms with Gasteiger partial charge in [-0.1, -0.05) is 24.3 Å². The number of nitrogens with one attached hydrogen (secondary N) is 2. The van der Waals surface area contributed by atoms with Crippen LogP contribution >= 0.6 is 0 Å². The Kier molecular flexibility index (Phi) is 7.61. The second-order valence-corrected chi connectivity index (χ2v) is 9.63. The Labute approximate surface area is 239 Å². The molecule has 2 amide bonds. The second kappa shape index (κ2) is 11.5. The summed E-state index contributed by atoms with van der Waals surface area (Å²) < 4.78 is 9.39. The van der Waals surface area contributed by atoms with Gasteiger partial charge in [0.05, 0.1) is 20.3 Å². The molecule has 10 nitrogen and oxygen atoms in total. The van der Waals surface area contributed by atoms with E-state index in [1.807, 2.05) is 0 Å². The Balaban J connectivity index is 1.23. The molecule has 0 saturated carbocycles. The number of rotatable bonds is 6. The van der Waals surface area contributed by atoms with Crippen LogP contribution in [0.2, 0.25) is 0 Å². The fourth-order valence-electron chi connectivity index (χ4n) is 4.68. The molecule has 4 aromatic rings. The lowest BCUT2D eigenvalue weighted by Crippen LogP contribution is -2.35. The molecule has 1 unspecified atom stereocenters. The number of methoxy groups -OCH3 is 2. The molecule has 10 heteroatoms. The molecule has 1 atom stereocenters. The van der Waals surface area contributed by atoms with E-state index in [9.17, 15) is 29.4 Å². The molecule has 4 N–H and O–H groups in total. The monoisotopic (exact) mass is 566 g/mol. The van der Waals surface area contributed by atoms with E-state index in [-0.39, 0.29) is 40.5 Å². The minimum atomic E-state index is -0.683. The van der Waals surface area contributed by atoms with E-state index in [1.165, 1.54) is 38.5 Å². The number of hydrogen-bond acceptors (Lipinski definition) is 8. The molecule has 0 aromatic heterocycles. The maximum Gasteiger partial charge on any atom is 0.341 e. The van der Waals surface area contributed by atoms with Gasteiger partial charge in [0.2, 0.25) is 0 Å². The zero-order valence-electron chi connectivity index (χ0n) is 22.6. The molecular weight excluding hydrogens is 540 g/mol. The fraction of sp³-hybridized carbons (Fsp3) is 0.125. The van der Waals surface area contributed by atoms with Crippen LogP contribution in [0.5, 0.6) is 11.5 Å². The van der Waals surface area contributed by atoms with Crippen molar-refractivity contribution in [2.75, 3.05) is 14.2 Å². The first-order valence-corrected chi connectivity index (χ1v) is 12.9. The summed E-state index contributed by atoms with van der Waals surface area (Å²) in [5.74, 6) is -2.47. The SMILES string of the molecule is COC(=O)c1cc2cc(C(=O)NC3=CCC(NC(=O)c4ccc5cc(O)c(C(=O)OC)cc5c4)C=C3)ccc2cc1O. The van der Waals surface area contributed by atoms with Crippen LogP contribution < -0.4 is 10.6 Å². The molecule has 4 aromatic carbocycles. The number of ether oxygens (including phenoxy) is 2. The summed E-state index contributed by atoms with van der Waals surface area (Å²) in [5, 5.41) is 28.4. The number of hydrogen-bond donors (Lipinski definition) is 4. The molecular formula is C32H26N2O8. The zero-order valence-corrected chi connectivity index (χ0v) is 22.6. The molecule has 0 radical (unpaired) electrons. The first-order valence-electron chi connectivity index (χ1n) is 12.9. The first-order chi connectivity index (χ1) is 20.2. The minimum Gasteiger partial charge on any atom is -0.507 e. The van der Waals surface area contributed by atoms with E-state index >= 15 is 0 Å². The van der Waals surface area contributed by atoms with Crippen molar-refractivity contribution in [3.63, 3.8) is 0 Å². The van der Waals surface area contributed by atoms with E-state index in [1.54, 1.807) is 54.6 Å². The Morgan fingerprint density at radius 1 is 0.714 bits per heavy atom. The van der Waals surface area contributed by atoms with Crippen LogP contribution in [0.25, 0.3) is 21.5 Å². The predicted octanol–water partition coefficient (Wildman–Crippen LogP) is 4.35. The quantitative estimate of drug-likeness (QED) is 0.252. The Morgan fingerprint density at radius 3 is 1.71 bits per heavy atom. The highest BCUT2D eigenvalue weighted by molar-refractivity contribution is 6.04. The highest BCUT2D eigenvalue weighted by Crippen LogP contribution is 2.28. The number of phenols is 2. The van der Waals surface area contributed by atoms with Gasteiger partial charge in [-0.25, -0.2) is 9.59 Å². The lowest BCUT2D eigenvalue weighted by atomic mass is 10.0. The van der Waals surface area contributed by atoms with Crippen molar-refractivity contribution < 1.29 is 38.9 Å². The summed E-state index contributed by atoms with van der Waals surface area (Å²) in [7, 11) is 2.44. The lowest BCUT2D eigenvalue weighted by molar-refractivity contribution is 0.0588. The van der Waals surface area contributed by atoms with Crippen molar-refractivity contribution in [2.24, 2.45) is 0 Å². The molecule has 1 aliphatic rings. The third kappa shape index (κ3) is 5.64. The molecule has 0 saturated heterocycles. The van der Waals surface area contributed by atoms with Gasteiger partial charge in [0.1, 0.15) is 22.6 Å². The summed E-state index contributed by atoms with van der Waals surface area (Å²) in [6.45, 7) is 0. The molecule has 0 aliphatic heterocycles. The van der Waals surface area contributed by atoms with Crippen molar-refractivity contribution in [1.82, 2.24) is 10.6 Å². The molecule has 5 rings (SSSR count). The summed E-state index contributed by atoms with van der Waals surface area (Å²) in [4.78, 5) is 49.7. The third-order valence-corrected chi connectivity index (χ3v) is 6.92. The molecule has 1 aliphatic carbocycles. The number of allylic oxidation sites excluding steroid dienone is 1. The second-order valence-electron chi connectivity index (χ2n) is 9.63. The number of carbonyl (C=O) groups is 4. The highest BCUT2D eigenvalue weighted by Gasteiger charge is 2.18. The normalized spacial score (nSPS) is 14.2. The Bertz CT molecular complexity index is 1840. The topological polar surface area (TPSA) is 151 Å². The number of aromatic hydroxyl groups is 2. The van der Waals surface area contributed by atoms with Gasteiger partial charge in [-0.15, -0.1) is 0 Å². The van der Waals surface area contributed by atoms with Gasteiger partial charge < -0.3 is 30.3 Å². The van der Waals surface area contributed by atoms with E-state index < -0.39 is 11.9 Å². The largest absolute Gasteiger partial charge is 0.507 e. The predicted molar refractivity (Wildman–Crippen MR) is 154 cm³/mol. The van der Waals surface area contributed by atoms with E-state index in [0.717, 1.165) is 0 Å². The maximum atomic E-state index is 12.9. The van der Waals surface area contributed by atoms with Crippen molar-refractivity contribution in [3.05, 3.63) is 107 Å². The fourth-order valence-corrected chi connectivity index (χ4v) is 4.68. The number of phenolic OH excluding ortho intramolecular Hbond substituents is 2. The minimum absolute atomic E-state index is 0.00232. The van der Waals surface area contributed by atoms with Crippen molar-refractivity contribution in [3.8, 4) is 11.5 Å². The van der Waals surface area contributed by atoms with Crippen LogP contribution in [-0.4, -0.2) is 54.2 Å². The summed E-state index contributed by atoms with van der Waals surface area (Å²) in [6.07, 6.45) is 5.70. The van der Waals surface area contributed by atoms with Crippen LogP contribution in [0, 0.1) is 0 Å². The number of esters is 2. The molecule has 42 heavy (non-hydrogen) atoms. The summed E-state index contributed by atoms with van der Waals surface area (Å²) >= 11 is 0. The van der Waals surface area contributed by atoms with Crippen molar-refractivity contribution >= 4 is 45.3 Å².